The standard InChI is InChI=1S/C18H20F3N3O2S/c1-2-17-23(13-14-7-9-22-10-8-14)11-12-24(17)15-3-5-16(6-4-15)27(25,26)18(19,20)21/h3-10,17H,2,11-13H2,1H3. The lowest BCUT2D eigenvalue weighted by Crippen LogP contribution is -2.38. The third-order valence-electron chi connectivity index (χ3n) is 4.69. The van der Waals surface area contributed by atoms with Gasteiger partial charge in [-0.05, 0) is 48.4 Å². The number of rotatable bonds is 5. The second kappa shape index (κ2) is 7.47. The molecule has 0 amide bonds. The highest BCUT2D eigenvalue weighted by molar-refractivity contribution is 7.92. The number of hydrogen-bond acceptors (Lipinski definition) is 5. The average Bonchev–Trinajstić information content (AvgIpc) is 3.04. The van der Waals surface area contributed by atoms with Crippen LogP contribution in [-0.4, -0.2) is 43.1 Å². The van der Waals surface area contributed by atoms with Gasteiger partial charge in [-0.25, -0.2) is 8.42 Å². The van der Waals surface area contributed by atoms with Gasteiger partial charge in [0.05, 0.1) is 11.1 Å². The van der Waals surface area contributed by atoms with E-state index in [-0.39, 0.29) is 6.17 Å². The van der Waals surface area contributed by atoms with Crippen LogP contribution < -0.4 is 4.90 Å². The summed E-state index contributed by atoms with van der Waals surface area (Å²) in [6, 6.07) is 8.83. The quantitative estimate of drug-likeness (QED) is 0.771. The second-order valence-electron chi connectivity index (χ2n) is 6.35. The van der Waals surface area contributed by atoms with E-state index in [9.17, 15) is 21.6 Å². The zero-order chi connectivity index (χ0) is 19.7. The Bertz CT molecular complexity index is 871. The first-order valence-electron chi connectivity index (χ1n) is 8.55. The minimum atomic E-state index is -5.32. The zero-order valence-corrected chi connectivity index (χ0v) is 15.5. The largest absolute Gasteiger partial charge is 0.501 e. The second-order valence-corrected chi connectivity index (χ2v) is 8.29. The number of aromatic nitrogens is 1. The predicted octanol–water partition coefficient (Wildman–Crippen LogP) is 3.43. The van der Waals surface area contributed by atoms with Crippen LogP contribution in [0.5, 0.6) is 0 Å². The summed E-state index contributed by atoms with van der Waals surface area (Å²) in [7, 11) is -5.32. The van der Waals surface area contributed by atoms with Crippen molar-refractivity contribution in [2.45, 2.75) is 36.5 Å². The SMILES string of the molecule is CCC1N(Cc2ccncc2)CCN1c1ccc(S(=O)(=O)C(F)(F)F)cc1. The molecule has 1 unspecified atom stereocenters. The van der Waals surface area contributed by atoms with Crippen molar-refractivity contribution in [2.24, 2.45) is 0 Å². The fraction of sp³-hybridized carbons (Fsp3) is 0.389. The van der Waals surface area contributed by atoms with E-state index >= 15 is 0 Å². The molecule has 146 valence electrons. The Labute approximate surface area is 156 Å². The van der Waals surface area contributed by atoms with E-state index in [1.165, 1.54) is 12.1 Å². The first-order chi connectivity index (χ1) is 12.7. The molecule has 9 heteroatoms. The highest BCUT2D eigenvalue weighted by Gasteiger charge is 2.46. The molecule has 2 heterocycles. The van der Waals surface area contributed by atoms with Crippen LogP contribution in [0.2, 0.25) is 0 Å². The molecule has 1 atom stereocenters. The Hall–Kier alpha value is -2.13. The zero-order valence-electron chi connectivity index (χ0n) is 14.7. The molecule has 27 heavy (non-hydrogen) atoms. The monoisotopic (exact) mass is 399 g/mol. The van der Waals surface area contributed by atoms with Gasteiger partial charge in [0.15, 0.2) is 0 Å². The third-order valence-corrected chi connectivity index (χ3v) is 6.20. The van der Waals surface area contributed by atoms with Crippen LogP contribution in [0.25, 0.3) is 0 Å². The molecule has 0 saturated carbocycles. The van der Waals surface area contributed by atoms with Gasteiger partial charge in [-0.3, -0.25) is 9.88 Å². The van der Waals surface area contributed by atoms with Crippen LogP contribution >= 0.6 is 0 Å². The lowest BCUT2D eigenvalue weighted by molar-refractivity contribution is -0.0436. The van der Waals surface area contributed by atoms with Gasteiger partial charge in [0.2, 0.25) is 0 Å². The predicted molar refractivity (Wildman–Crippen MR) is 95.8 cm³/mol. The molecule has 0 aliphatic carbocycles. The summed E-state index contributed by atoms with van der Waals surface area (Å²) in [5.41, 5.74) is -3.45. The Morgan fingerprint density at radius 2 is 1.70 bits per heavy atom. The van der Waals surface area contributed by atoms with Crippen molar-refractivity contribution in [3.63, 3.8) is 0 Å². The van der Waals surface area contributed by atoms with Crippen molar-refractivity contribution in [2.75, 3.05) is 18.0 Å². The maximum atomic E-state index is 12.7. The lowest BCUT2D eigenvalue weighted by atomic mass is 10.2. The maximum Gasteiger partial charge on any atom is 0.501 e. The van der Waals surface area contributed by atoms with E-state index in [2.05, 4.69) is 14.8 Å². The minimum absolute atomic E-state index is 0.0863. The summed E-state index contributed by atoms with van der Waals surface area (Å²) in [5, 5.41) is 0. The topological polar surface area (TPSA) is 53.5 Å². The molecule has 1 aliphatic heterocycles. The van der Waals surface area contributed by atoms with Gasteiger partial charge in [0.25, 0.3) is 9.84 Å². The van der Waals surface area contributed by atoms with Crippen molar-refractivity contribution in [1.29, 1.82) is 0 Å². The maximum absolute atomic E-state index is 12.7. The lowest BCUT2D eigenvalue weighted by Gasteiger charge is -2.31. The van der Waals surface area contributed by atoms with E-state index in [4.69, 9.17) is 0 Å². The summed E-state index contributed by atoms with van der Waals surface area (Å²) >= 11 is 0. The van der Waals surface area contributed by atoms with Crippen LogP contribution in [0.15, 0.2) is 53.7 Å². The van der Waals surface area contributed by atoms with Gasteiger partial charge in [-0.2, -0.15) is 13.2 Å². The Morgan fingerprint density at radius 3 is 2.26 bits per heavy atom. The Balaban J connectivity index is 1.78. The molecule has 1 aliphatic rings. The third kappa shape index (κ3) is 3.93. The molecule has 0 spiro atoms. The smallest absolute Gasteiger partial charge is 0.354 e. The van der Waals surface area contributed by atoms with E-state index in [0.717, 1.165) is 43.8 Å². The molecule has 1 saturated heterocycles. The number of hydrogen-bond donors (Lipinski definition) is 0. The summed E-state index contributed by atoms with van der Waals surface area (Å²) in [4.78, 5) is 7.65. The molecule has 1 aromatic heterocycles. The molecule has 1 aromatic carbocycles. The Kier molecular flexibility index (Phi) is 5.43. The van der Waals surface area contributed by atoms with Crippen molar-refractivity contribution in [1.82, 2.24) is 9.88 Å². The van der Waals surface area contributed by atoms with Gasteiger partial charge < -0.3 is 4.90 Å². The fourth-order valence-electron chi connectivity index (χ4n) is 3.37. The van der Waals surface area contributed by atoms with E-state index in [1.807, 2.05) is 19.1 Å². The van der Waals surface area contributed by atoms with Crippen molar-refractivity contribution in [3.8, 4) is 0 Å². The summed E-state index contributed by atoms with van der Waals surface area (Å²) < 4.78 is 61.1. The van der Waals surface area contributed by atoms with Crippen LogP contribution in [0.4, 0.5) is 18.9 Å². The molecule has 1 fully saturated rings. The van der Waals surface area contributed by atoms with Gasteiger partial charge in [-0.1, -0.05) is 6.92 Å². The van der Waals surface area contributed by atoms with Crippen molar-refractivity contribution in [3.05, 3.63) is 54.4 Å². The van der Waals surface area contributed by atoms with Crippen LogP contribution in [-0.2, 0) is 16.4 Å². The number of pyridine rings is 1. The number of sulfone groups is 1. The molecular formula is C18H20F3N3O2S. The van der Waals surface area contributed by atoms with Gasteiger partial charge in [0, 0.05) is 37.7 Å². The number of nitrogens with zero attached hydrogens (tertiary/aromatic N) is 3. The molecule has 0 radical (unpaired) electrons. The van der Waals surface area contributed by atoms with Crippen LogP contribution in [0, 0.1) is 0 Å². The number of halogens is 3. The average molecular weight is 399 g/mol. The highest BCUT2D eigenvalue weighted by Crippen LogP contribution is 2.32. The number of anilines is 1. The minimum Gasteiger partial charge on any atom is -0.354 e. The molecule has 0 bridgehead atoms. The van der Waals surface area contributed by atoms with E-state index in [0.29, 0.717) is 5.69 Å². The van der Waals surface area contributed by atoms with E-state index < -0.39 is 20.2 Å². The fourth-order valence-corrected chi connectivity index (χ4v) is 4.13. The molecular weight excluding hydrogens is 379 g/mol. The molecule has 2 aromatic rings. The molecule has 3 rings (SSSR count). The normalized spacial score (nSPS) is 18.8. The van der Waals surface area contributed by atoms with Crippen molar-refractivity contribution >= 4 is 15.5 Å². The number of benzene rings is 1. The molecule has 5 nitrogen and oxygen atoms in total. The van der Waals surface area contributed by atoms with Gasteiger partial charge in [0.1, 0.15) is 0 Å². The highest BCUT2D eigenvalue weighted by atomic mass is 32.2. The summed E-state index contributed by atoms with van der Waals surface area (Å²) in [6.07, 6.45) is 4.39. The van der Waals surface area contributed by atoms with Crippen molar-refractivity contribution < 1.29 is 21.6 Å². The summed E-state index contributed by atoms with van der Waals surface area (Å²) in [5.74, 6) is 0. The number of alkyl halides is 3. The van der Waals surface area contributed by atoms with Gasteiger partial charge >= 0.3 is 5.51 Å². The molecule has 0 N–H and O–H groups in total. The first-order valence-corrected chi connectivity index (χ1v) is 10.0. The van der Waals surface area contributed by atoms with Gasteiger partial charge in [-0.15, -0.1) is 0 Å². The van der Waals surface area contributed by atoms with Crippen LogP contribution in [0.1, 0.15) is 18.9 Å². The summed E-state index contributed by atoms with van der Waals surface area (Å²) in [6.45, 7) is 4.32. The van der Waals surface area contributed by atoms with Crippen LogP contribution in [0.3, 0.4) is 0 Å². The Morgan fingerprint density at radius 1 is 1.07 bits per heavy atom. The van der Waals surface area contributed by atoms with E-state index in [1.54, 1.807) is 12.4 Å². The first kappa shape index (κ1) is 19.6.